The highest BCUT2D eigenvalue weighted by Crippen LogP contribution is 2.50. The van der Waals surface area contributed by atoms with Crippen LogP contribution < -0.4 is 14.2 Å². The van der Waals surface area contributed by atoms with Crippen molar-refractivity contribution in [1.82, 2.24) is 0 Å². The Balaban J connectivity index is 2.23. The van der Waals surface area contributed by atoms with Crippen LogP contribution in [-0.4, -0.2) is 69.7 Å². The summed E-state index contributed by atoms with van der Waals surface area (Å²) in [6.45, 7) is 5.26. The summed E-state index contributed by atoms with van der Waals surface area (Å²) in [5.74, 6) is -0.990. The van der Waals surface area contributed by atoms with Crippen LogP contribution in [0.15, 0.2) is 11.1 Å². The Morgan fingerprint density at radius 3 is 2.33 bits per heavy atom. The van der Waals surface area contributed by atoms with Gasteiger partial charge in [0.25, 0.3) is 0 Å². The summed E-state index contributed by atoms with van der Waals surface area (Å²) < 4.78 is 38.5. The molecule has 1 aromatic rings. The molecule has 33 heavy (non-hydrogen) atoms. The number of esters is 3. The number of fused-ring (bicyclic) bond motifs is 2. The maximum absolute atomic E-state index is 12.0. The zero-order valence-electron chi connectivity index (χ0n) is 19.3. The second-order valence-corrected chi connectivity index (χ2v) is 7.53. The zero-order valence-corrected chi connectivity index (χ0v) is 19.3. The molecule has 0 aliphatic carbocycles. The molecule has 0 aromatic heterocycles. The molecule has 0 unspecified atom stereocenters. The van der Waals surface area contributed by atoms with Crippen molar-refractivity contribution >= 4 is 23.8 Å². The van der Waals surface area contributed by atoms with Gasteiger partial charge in [0.2, 0.25) is 18.4 Å². The van der Waals surface area contributed by atoms with Crippen molar-refractivity contribution in [2.24, 2.45) is 4.99 Å². The summed E-state index contributed by atoms with van der Waals surface area (Å²) >= 11 is 0. The Morgan fingerprint density at radius 1 is 1.06 bits per heavy atom. The molecule has 0 N–H and O–H groups in total. The number of benzene rings is 1. The molecule has 0 amide bonds. The fourth-order valence-electron chi connectivity index (χ4n) is 4.09. The fourth-order valence-corrected chi connectivity index (χ4v) is 4.09. The Hall–Kier alpha value is -3.50. The van der Waals surface area contributed by atoms with Crippen molar-refractivity contribution in [2.45, 2.75) is 51.9 Å². The first-order valence-corrected chi connectivity index (χ1v) is 10.3. The van der Waals surface area contributed by atoms with Gasteiger partial charge in [-0.05, 0) is 18.6 Å². The number of hydrogen-bond donors (Lipinski definition) is 0. The standard InChI is InChI=1S/C22H27NO10/c1-10(32-12(3)25)19(33-13(4)26)17-14-7-16-20(31-9-30-16)21(27-5)18(14)22(28-6)23-15(17)8-29-11(2)24/h7,10,15,17,19H,8-9H2,1-6H3/t10-,15+,17-,19+/m1/s1. The lowest BCUT2D eigenvalue weighted by atomic mass is 9.79. The van der Waals surface area contributed by atoms with Gasteiger partial charge in [-0.2, -0.15) is 0 Å². The van der Waals surface area contributed by atoms with Crippen molar-refractivity contribution in [3.63, 3.8) is 0 Å². The van der Waals surface area contributed by atoms with Crippen molar-refractivity contribution in [3.8, 4) is 17.2 Å². The number of methoxy groups -OCH3 is 2. The number of ether oxygens (including phenoxy) is 7. The number of hydrogen-bond acceptors (Lipinski definition) is 11. The van der Waals surface area contributed by atoms with E-state index in [-0.39, 0.29) is 19.3 Å². The van der Waals surface area contributed by atoms with E-state index < -0.39 is 42.1 Å². The number of aliphatic imine (C=N–C) groups is 1. The lowest BCUT2D eigenvalue weighted by molar-refractivity contribution is -0.166. The zero-order chi connectivity index (χ0) is 24.3. The summed E-state index contributed by atoms with van der Waals surface area (Å²) in [4.78, 5) is 39.9. The van der Waals surface area contributed by atoms with Crippen molar-refractivity contribution in [1.29, 1.82) is 0 Å². The number of nitrogens with zero attached hydrogens (tertiary/aromatic N) is 1. The molecule has 2 heterocycles. The van der Waals surface area contributed by atoms with Gasteiger partial charge in [0.05, 0.1) is 31.7 Å². The van der Waals surface area contributed by atoms with Crippen LogP contribution in [0.25, 0.3) is 0 Å². The SMILES string of the molecule is COC1=N[C@@H](COC(C)=O)[C@H]([C@@H](OC(C)=O)[C@@H](C)OC(C)=O)c2cc3c(c(OC)c21)OCO3. The molecule has 11 nitrogen and oxygen atoms in total. The third-order valence-electron chi connectivity index (χ3n) is 5.25. The first kappa shape index (κ1) is 24.1. The van der Waals surface area contributed by atoms with E-state index in [9.17, 15) is 14.4 Å². The highest BCUT2D eigenvalue weighted by atomic mass is 16.7. The minimum Gasteiger partial charge on any atom is -0.492 e. The highest BCUT2D eigenvalue weighted by molar-refractivity contribution is 6.01. The lowest BCUT2D eigenvalue weighted by Crippen LogP contribution is -2.45. The van der Waals surface area contributed by atoms with E-state index in [1.807, 2.05) is 0 Å². The average molecular weight is 465 g/mol. The lowest BCUT2D eigenvalue weighted by Gasteiger charge is -2.38. The van der Waals surface area contributed by atoms with Gasteiger partial charge < -0.3 is 33.2 Å². The van der Waals surface area contributed by atoms with E-state index >= 15 is 0 Å². The van der Waals surface area contributed by atoms with E-state index in [4.69, 9.17) is 33.2 Å². The Bertz CT molecular complexity index is 972. The van der Waals surface area contributed by atoms with Crippen LogP contribution in [0.1, 0.15) is 44.7 Å². The van der Waals surface area contributed by atoms with Crippen LogP contribution in [0.4, 0.5) is 0 Å². The molecule has 0 bridgehead atoms. The van der Waals surface area contributed by atoms with Crippen molar-refractivity contribution in [3.05, 3.63) is 17.2 Å². The van der Waals surface area contributed by atoms with Gasteiger partial charge in [-0.3, -0.25) is 14.4 Å². The van der Waals surface area contributed by atoms with Gasteiger partial charge in [0.15, 0.2) is 11.5 Å². The molecule has 0 saturated heterocycles. The topological polar surface area (TPSA) is 128 Å². The Kier molecular flexibility index (Phi) is 7.29. The summed E-state index contributed by atoms with van der Waals surface area (Å²) in [5, 5.41) is 0. The van der Waals surface area contributed by atoms with E-state index in [0.717, 1.165) is 0 Å². The van der Waals surface area contributed by atoms with Crippen LogP contribution >= 0.6 is 0 Å². The second kappa shape index (κ2) is 9.97. The molecular weight excluding hydrogens is 438 g/mol. The van der Waals surface area contributed by atoms with Crippen molar-refractivity contribution < 1.29 is 47.5 Å². The average Bonchev–Trinajstić information content (AvgIpc) is 3.21. The summed E-state index contributed by atoms with van der Waals surface area (Å²) in [6, 6.07) is 0.986. The molecule has 0 saturated carbocycles. The first-order valence-electron chi connectivity index (χ1n) is 10.3. The van der Waals surface area contributed by atoms with Gasteiger partial charge in [0.1, 0.15) is 18.8 Å². The van der Waals surface area contributed by atoms with Crippen LogP contribution in [0.2, 0.25) is 0 Å². The molecule has 2 aliphatic heterocycles. The van der Waals surface area contributed by atoms with Gasteiger partial charge in [-0.25, -0.2) is 4.99 Å². The van der Waals surface area contributed by atoms with Crippen molar-refractivity contribution in [2.75, 3.05) is 27.6 Å². The predicted molar refractivity (Wildman–Crippen MR) is 113 cm³/mol. The molecule has 180 valence electrons. The second-order valence-electron chi connectivity index (χ2n) is 7.53. The summed E-state index contributed by atoms with van der Waals surface area (Å²) in [6.07, 6.45) is -1.82. The maximum atomic E-state index is 12.0. The van der Waals surface area contributed by atoms with Gasteiger partial charge >= 0.3 is 17.9 Å². The highest BCUT2D eigenvalue weighted by Gasteiger charge is 2.45. The molecule has 2 aliphatic rings. The molecular formula is C22H27NO10. The minimum atomic E-state index is -0.974. The predicted octanol–water partition coefficient (Wildman–Crippen LogP) is 1.73. The smallest absolute Gasteiger partial charge is 0.303 e. The normalized spacial score (nSPS) is 20.0. The molecule has 4 atom stereocenters. The van der Waals surface area contributed by atoms with Crippen LogP contribution in [-0.2, 0) is 33.3 Å². The van der Waals surface area contributed by atoms with E-state index in [1.54, 1.807) is 13.0 Å². The first-order chi connectivity index (χ1) is 15.7. The molecule has 0 spiro atoms. The summed E-state index contributed by atoms with van der Waals surface area (Å²) in [5.41, 5.74) is 1.06. The monoisotopic (exact) mass is 465 g/mol. The van der Waals surface area contributed by atoms with Gasteiger partial charge in [0, 0.05) is 20.8 Å². The number of carbonyl (C=O) groups excluding carboxylic acids is 3. The van der Waals surface area contributed by atoms with E-state index in [1.165, 1.54) is 35.0 Å². The quantitative estimate of drug-likeness (QED) is 0.434. The third kappa shape index (κ3) is 4.96. The van der Waals surface area contributed by atoms with Gasteiger partial charge in [-0.15, -0.1) is 0 Å². The fraction of sp³-hybridized carbons (Fsp3) is 0.545. The largest absolute Gasteiger partial charge is 0.492 e. The summed E-state index contributed by atoms with van der Waals surface area (Å²) in [7, 11) is 2.91. The molecule has 0 fully saturated rings. The van der Waals surface area contributed by atoms with Crippen LogP contribution in [0.5, 0.6) is 17.2 Å². The molecule has 1 aromatic carbocycles. The molecule has 0 radical (unpaired) electrons. The van der Waals surface area contributed by atoms with Gasteiger partial charge in [-0.1, -0.05) is 0 Å². The third-order valence-corrected chi connectivity index (χ3v) is 5.25. The Labute approximate surface area is 190 Å². The molecule has 11 heteroatoms. The van der Waals surface area contributed by atoms with Crippen LogP contribution in [0, 0.1) is 0 Å². The number of carbonyl (C=O) groups is 3. The number of rotatable bonds is 7. The van der Waals surface area contributed by atoms with E-state index in [2.05, 4.69) is 4.99 Å². The molecule has 3 rings (SSSR count). The van der Waals surface area contributed by atoms with Crippen LogP contribution in [0.3, 0.4) is 0 Å². The Morgan fingerprint density at radius 2 is 1.76 bits per heavy atom. The minimum absolute atomic E-state index is 0.00713. The maximum Gasteiger partial charge on any atom is 0.303 e. The van der Waals surface area contributed by atoms with E-state index in [0.29, 0.717) is 28.4 Å².